The van der Waals surface area contributed by atoms with Crippen molar-refractivity contribution in [3.63, 3.8) is 0 Å². The van der Waals surface area contributed by atoms with Gasteiger partial charge in [-0.05, 0) is 71.8 Å². The molecular weight excluding hydrogens is 775 g/mol. The van der Waals surface area contributed by atoms with Crippen LogP contribution in [0.3, 0.4) is 0 Å². The van der Waals surface area contributed by atoms with Crippen LogP contribution in [0.4, 0.5) is 69.8 Å². The number of hydrogen-bond donors (Lipinski definition) is 6. The Morgan fingerprint density at radius 3 is 1.22 bits per heavy atom. The van der Waals surface area contributed by atoms with Gasteiger partial charge < -0.3 is 36.5 Å². The molecule has 7 aromatic rings. The largest absolute Gasteiger partial charge is 1.00 e. The zero-order valence-corrected chi connectivity index (χ0v) is 36.2. The molecule has 0 atom stereocenters. The Bertz CT molecular complexity index is 2620. The van der Waals surface area contributed by atoms with Gasteiger partial charge in [-0.15, -0.1) is 6.07 Å². The van der Waals surface area contributed by atoms with Gasteiger partial charge in [-0.2, -0.15) is 54.2 Å². The molecular formula is C40H32N12Na2O3S. The van der Waals surface area contributed by atoms with Gasteiger partial charge in [-0.25, -0.2) is 8.42 Å². The number of nitrogens with zero attached hydrogens (tertiary/aromatic N) is 6. The summed E-state index contributed by atoms with van der Waals surface area (Å²) in [5.41, 5.74) is 5.64. The minimum Gasteiger partial charge on any atom is -0.744 e. The van der Waals surface area contributed by atoms with E-state index < -0.39 is 15.0 Å². The molecule has 58 heavy (non-hydrogen) atoms. The molecule has 2 heterocycles. The zero-order valence-electron chi connectivity index (χ0n) is 31.4. The summed E-state index contributed by atoms with van der Waals surface area (Å²) in [6.45, 7) is 7.60. The summed E-state index contributed by atoms with van der Waals surface area (Å²) in [7, 11) is -4.69. The van der Waals surface area contributed by atoms with E-state index in [4.69, 9.17) is 0 Å². The third-order valence-electron chi connectivity index (χ3n) is 7.79. The van der Waals surface area contributed by atoms with Crippen molar-refractivity contribution in [1.82, 2.24) is 29.9 Å². The van der Waals surface area contributed by atoms with Gasteiger partial charge in [-0.1, -0.05) is 67.4 Å². The normalized spacial score (nSPS) is 10.5. The van der Waals surface area contributed by atoms with Crippen molar-refractivity contribution in [2.45, 2.75) is 4.90 Å². The first-order chi connectivity index (χ1) is 27.2. The summed E-state index contributed by atoms with van der Waals surface area (Å²) in [5, 5.41) is 19.0. The van der Waals surface area contributed by atoms with Gasteiger partial charge >= 0.3 is 59.1 Å². The van der Waals surface area contributed by atoms with Crippen LogP contribution in [-0.2, 0) is 10.1 Å². The van der Waals surface area contributed by atoms with E-state index in [0.29, 0.717) is 29.0 Å². The van der Waals surface area contributed by atoms with Crippen molar-refractivity contribution in [3.05, 3.63) is 152 Å². The van der Waals surface area contributed by atoms with E-state index in [0.717, 1.165) is 22.5 Å². The first-order valence-electron chi connectivity index (χ1n) is 16.9. The van der Waals surface area contributed by atoms with Crippen LogP contribution in [0.25, 0.3) is 12.2 Å². The maximum atomic E-state index is 11.7. The van der Waals surface area contributed by atoms with Gasteiger partial charge in [0.1, 0.15) is 10.1 Å². The Hall–Kier alpha value is -5.69. The summed E-state index contributed by atoms with van der Waals surface area (Å²) < 4.78 is 35.0. The van der Waals surface area contributed by atoms with Gasteiger partial charge in [0, 0.05) is 28.4 Å². The van der Waals surface area contributed by atoms with Crippen LogP contribution in [0.1, 0.15) is 11.1 Å². The molecule has 0 fully saturated rings. The summed E-state index contributed by atoms with van der Waals surface area (Å²) >= 11 is 0. The van der Waals surface area contributed by atoms with E-state index in [2.05, 4.69) is 81.0 Å². The number of anilines is 12. The van der Waals surface area contributed by atoms with Crippen molar-refractivity contribution in [2.24, 2.45) is 0 Å². The standard InChI is InChI=1S/C40H33N12O3S.2Na/c1-3-26-16-20-29(21-17-26)42-36-47-35(41-28-10-6-5-7-11-28)48-38(49-36)44-31-12-8-13-32(24-31)45-39-50-37(43-30-22-18-27(4-2)19-23-30)51-40(52-39)46-33-14-9-15-34(25-33)56(53,54)55;;/h3-6,8-25H,1-2H2,(H,53,54,55)(H3,41,42,44,47,48,49)(H3,43,45,46,50,51,52);;/q-1;2*+1/p-1. The van der Waals surface area contributed by atoms with Crippen molar-refractivity contribution < 1.29 is 72.1 Å². The van der Waals surface area contributed by atoms with Gasteiger partial charge in [0.2, 0.25) is 35.7 Å². The van der Waals surface area contributed by atoms with E-state index in [1.165, 1.54) is 18.2 Å². The molecule has 5 aromatic carbocycles. The average Bonchev–Trinajstić information content (AvgIpc) is 3.19. The summed E-state index contributed by atoms with van der Waals surface area (Å²) in [6.07, 6.45) is 3.50. The molecule has 0 aliphatic carbocycles. The molecule has 0 aliphatic rings. The Balaban J connectivity index is 0.00000320. The molecule has 0 aliphatic heterocycles. The van der Waals surface area contributed by atoms with Gasteiger partial charge in [0.05, 0.1) is 4.90 Å². The van der Waals surface area contributed by atoms with Crippen molar-refractivity contribution in [3.8, 4) is 0 Å². The minimum atomic E-state index is -4.69. The Morgan fingerprint density at radius 1 is 0.483 bits per heavy atom. The molecule has 6 N–H and O–H groups in total. The van der Waals surface area contributed by atoms with Crippen LogP contribution < -0.4 is 91.0 Å². The van der Waals surface area contributed by atoms with Crippen molar-refractivity contribution in [1.29, 1.82) is 0 Å². The predicted molar refractivity (Wildman–Crippen MR) is 219 cm³/mol. The second-order valence-corrected chi connectivity index (χ2v) is 13.2. The molecule has 18 heteroatoms. The molecule has 7 rings (SSSR count). The third kappa shape index (κ3) is 12.2. The SMILES string of the molecule is C=Cc1ccc(Nc2nc(Nc3c[c-]ccc3)nc(Nc3cccc(Nc4nc(Nc5ccc(C=C)cc5)nc(Nc5cccc(S(=O)(=O)[O-])c5)n4)c3)n2)cc1.[Na+].[Na+]. The van der Waals surface area contributed by atoms with Crippen LogP contribution in [0.2, 0.25) is 0 Å². The molecule has 0 unspecified atom stereocenters. The zero-order chi connectivity index (χ0) is 38.9. The van der Waals surface area contributed by atoms with E-state index >= 15 is 0 Å². The summed E-state index contributed by atoms with van der Waals surface area (Å²) in [6, 6.07) is 38.2. The summed E-state index contributed by atoms with van der Waals surface area (Å²) in [5.74, 6) is 1.25. The van der Waals surface area contributed by atoms with Gasteiger partial charge in [-0.3, -0.25) is 0 Å². The second-order valence-electron chi connectivity index (χ2n) is 11.9. The fourth-order valence-corrected chi connectivity index (χ4v) is 5.66. The Morgan fingerprint density at radius 2 is 0.845 bits per heavy atom. The predicted octanol–water partition coefficient (Wildman–Crippen LogP) is 2.52. The van der Waals surface area contributed by atoms with Crippen LogP contribution in [0.5, 0.6) is 0 Å². The van der Waals surface area contributed by atoms with Crippen LogP contribution in [-0.4, -0.2) is 42.9 Å². The molecule has 2 aromatic heterocycles. The maximum absolute atomic E-state index is 11.7. The van der Waals surface area contributed by atoms with Crippen LogP contribution in [0, 0.1) is 6.07 Å². The van der Waals surface area contributed by atoms with Crippen LogP contribution >= 0.6 is 0 Å². The monoisotopic (exact) mass is 806 g/mol. The second kappa shape index (κ2) is 20.1. The number of nitrogens with one attached hydrogen (secondary N) is 6. The Labute approximate surface area is 379 Å². The molecule has 0 bridgehead atoms. The molecule has 0 spiro atoms. The molecule has 278 valence electrons. The summed E-state index contributed by atoms with van der Waals surface area (Å²) in [4.78, 5) is 26.9. The number of benzene rings is 5. The molecule has 0 amide bonds. The van der Waals surface area contributed by atoms with Gasteiger partial charge in [0.15, 0.2) is 0 Å². The fraction of sp³-hybridized carbons (Fsp3) is 0. The third-order valence-corrected chi connectivity index (χ3v) is 8.62. The average molecular weight is 807 g/mol. The number of aromatic nitrogens is 6. The topological polar surface area (TPSA) is 207 Å². The maximum Gasteiger partial charge on any atom is 1.00 e. The van der Waals surface area contributed by atoms with Crippen molar-refractivity contribution >= 4 is 92.1 Å². The first-order valence-corrected chi connectivity index (χ1v) is 18.3. The number of hydrogen-bond acceptors (Lipinski definition) is 15. The molecule has 0 saturated heterocycles. The molecule has 0 radical (unpaired) electrons. The molecule has 15 nitrogen and oxygen atoms in total. The van der Waals surface area contributed by atoms with E-state index in [-0.39, 0.29) is 88.6 Å². The van der Waals surface area contributed by atoms with E-state index in [1.54, 1.807) is 30.4 Å². The molecule has 0 saturated carbocycles. The first kappa shape index (κ1) is 43.4. The van der Waals surface area contributed by atoms with E-state index in [9.17, 15) is 13.0 Å². The fourth-order valence-electron chi connectivity index (χ4n) is 5.14. The van der Waals surface area contributed by atoms with Crippen molar-refractivity contribution in [2.75, 3.05) is 31.9 Å². The number of rotatable bonds is 15. The van der Waals surface area contributed by atoms with E-state index in [1.807, 2.05) is 84.9 Å². The van der Waals surface area contributed by atoms with Crippen LogP contribution in [0.15, 0.2) is 139 Å². The smallest absolute Gasteiger partial charge is 0.744 e. The van der Waals surface area contributed by atoms with Gasteiger partial charge in [0.25, 0.3) is 0 Å². The minimum absolute atomic E-state index is 0. The Kier molecular flexibility index (Phi) is 15.1. The quantitative estimate of drug-likeness (QED) is 0.0500.